The third kappa shape index (κ3) is 2.60. The van der Waals surface area contributed by atoms with Crippen LogP contribution in [0, 0.1) is 5.92 Å². The van der Waals surface area contributed by atoms with Gasteiger partial charge in [0.25, 0.3) is 0 Å². The number of hydrogen-bond donors (Lipinski definition) is 1. The highest BCUT2D eigenvalue weighted by Crippen LogP contribution is 2.36. The number of rotatable bonds is 3. The number of allylic oxidation sites excluding steroid dienone is 1. The van der Waals surface area contributed by atoms with Crippen LogP contribution in [0.4, 0.5) is 5.69 Å². The smallest absolute Gasteiger partial charge is 0.0909 e. The number of anilines is 1. The first-order valence-electron chi connectivity index (χ1n) is 7.42. The highest BCUT2D eigenvalue weighted by atomic mass is 35.5. The molecule has 1 N–H and O–H groups in total. The molecule has 0 amide bonds. The molecule has 0 fully saturated rings. The molecule has 2 heterocycles. The molecule has 2 aliphatic heterocycles. The van der Waals surface area contributed by atoms with E-state index in [1.165, 1.54) is 0 Å². The van der Waals surface area contributed by atoms with Gasteiger partial charge in [-0.25, -0.2) is 4.99 Å². The first-order valence-corrected chi connectivity index (χ1v) is 7.80. The van der Waals surface area contributed by atoms with Crippen molar-refractivity contribution in [3.05, 3.63) is 83.2 Å². The number of nitrogens with one attached hydrogen (secondary N) is 1. The fourth-order valence-corrected chi connectivity index (χ4v) is 2.96. The maximum atomic E-state index is 6.30. The lowest BCUT2D eigenvalue weighted by molar-refractivity contribution is 1.06. The Balaban J connectivity index is 1.81. The third-order valence-electron chi connectivity index (χ3n) is 3.89. The molecule has 2 aromatic carbocycles. The number of para-hydroxylation sites is 1. The lowest BCUT2D eigenvalue weighted by atomic mass is 9.98. The summed E-state index contributed by atoms with van der Waals surface area (Å²) in [5.74, 6) is 0.0824. The Bertz CT molecular complexity index is 863. The highest BCUT2D eigenvalue weighted by Gasteiger charge is 2.29. The van der Waals surface area contributed by atoms with Crippen LogP contribution in [0.1, 0.15) is 5.56 Å². The minimum Gasteiger partial charge on any atom is -0.355 e. The van der Waals surface area contributed by atoms with E-state index in [2.05, 4.69) is 22.4 Å². The molecule has 3 nitrogen and oxygen atoms in total. The Morgan fingerprint density at radius 2 is 1.74 bits per heavy atom. The highest BCUT2D eigenvalue weighted by molar-refractivity contribution is 6.36. The van der Waals surface area contributed by atoms with Gasteiger partial charge in [-0.05, 0) is 12.1 Å². The summed E-state index contributed by atoms with van der Waals surface area (Å²) in [5, 5.41) is 4.17. The molecule has 2 aliphatic rings. The zero-order valence-corrected chi connectivity index (χ0v) is 13.0. The second kappa shape index (κ2) is 5.86. The zero-order chi connectivity index (χ0) is 15.6. The summed E-state index contributed by atoms with van der Waals surface area (Å²) in [6.45, 7) is 0. The molecular formula is C19H14ClN3. The van der Waals surface area contributed by atoms with E-state index < -0.39 is 0 Å². The minimum atomic E-state index is 0.0824. The van der Waals surface area contributed by atoms with Crippen molar-refractivity contribution in [2.45, 2.75) is 0 Å². The van der Waals surface area contributed by atoms with Gasteiger partial charge in [-0.2, -0.15) is 0 Å². The van der Waals surface area contributed by atoms with Crippen LogP contribution in [0.2, 0.25) is 5.02 Å². The van der Waals surface area contributed by atoms with Crippen molar-refractivity contribution in [2.75, 3.05) is 5.32 Å². The Morgan fingerprint density at radius 1 is 0.957 bits per heavy atom. The average Bonchev–Trinajstić information content (AvgIpc) is 2.96. The quantitative estimate of drug-likeness (QED) is 0.867. The second-order valence-corrected chi connectivity index (χ2v) is 5.77. The van der Waals surface area contributed by atoms with E-state index in [-0.39, 0.29) is 5.92 Å². The molecule has 1 unspecified atom stereocenters. The summed E-state index contributed by atoms with van der Waals surface area (Å²) in [6.07, 6.45) is 5.68. The van der Waals surface area contributed by atoms with Crippen LogP contribution in [0.15, 0.2) is 82.6 Å². The number of benzene rings is 2. The Morgan fingerprint density at radius 3 is 2.57 bits per heavy atom. The first kappa shape index (κ1) is 14.0. The van der Waals surface area contributed by atoms with E-state index in [0.717, 1.165) is 28.4 Å². The van der Waals surface area contributed by atoms with Gasteiger partial charge in [0.05, 0.1) is 33.7 Å². The van der Waals surface area contributed by atoms with Gasteiger partial charge < -0.3 is 5.32 Å². The molecule has 4 rings (SSSR count). The van der Waals surface area contributed by atoms with Gasteiger partial charge in [0.2, 0.25) is 0 Å². The monoisotopic (exact) mass is 319 g/mol. The van der Waals surface area contributed by atoms with Gasteiger partial charge in [-0.3, -0.25) is 4.99 Å². The van der Waals surface area contributed by atoms with Crippen molar-refractivity contribution in [3.63, 3.8) is 0 Å². The Kier molecular flexibility index (Phi) is 3.56. The molecule has 0 saturated carbocycles. The van der Waals surface area contributed by atoms with Gasteiger partial charge >= 0.3 is 0 Å². The molecule has 0 radical (unpaired) electrons. The first-order chi connectivity index (χ1) is 11.3. The van der Waals surface area contributed by atoms with E-state index in [9.17, 15) is 0 Å². The van der Waals surface area contributed by atoms with Crippen molar-refractivity contribution < 1.29 is 0 Å². The number of fused-ring (bicyclic) bond motifs is 1. The van der Waals surface area contributed by atoms with E-state index in [1.807, 2.05) is 61.0 Å². The van der Waals surface area contributed by atoms with Gasteiger partial charge in [-0.1, -0.05) is 60.1 Å². The third-order valence-corrected chi connectivity index (χ3v) is 4.22. The largest absolute Gasteiger partial charge is 0.355 e. The van der Waals surface area contributed by atoms with Crippen molar-refractivity contribution in [1.82, 2.24) is 0 Å². The van der Waals surface area contributed by atoms with Gasteiger partial charge in [0.15, 0.2) is 0 Å². The minimum absolute atomic E-state index is 0.0824. The molecule has 0 bridgehead atoms. The molecule has 1 atom stereocenters. The number of halogens is 1. The number of hydrogen-bond acceptors (Lipinski definition) is 3. The van der Waals surface area contributed by atoms with E-state index >= 15 is 0 Å². The molecule has 0 spiro atoms. The normalized spacial score (nSPS) is 18.8. The maximum Gasteiger partial charge on any atom is 0.0909 e. The van der Waals surface area contributed by atoms with Crippen LogP contribution >= 0.6 is 11.6 Å². The molecule has 112 valence electrons. The van der Waals surface area contributed by atoms with E-state index in [0.29, 0.717) is 5.02 Å². The van der Waals surface area contributed by atoms with Crippen LogP contribution in [0.3, 0.4) is 0 Å². The summed E-state index contributed by atoms with van der Waals surface area (Å²) in [5.41, 5.74) is 4.86. The van der Waals surface area contributed by atoms with Crippen LogP contribution in [-0.2, 0) is 0 Å². The summed E-state index contributed by atoms with van der Waals surface area (Å²) >= 11 is 6.30. The molecular weight excluding hydrogens is 306 g/mol. The van der Waals surface area contributed by atoms with E-state index in [1.54, 1.807) is 0 Å². The molecule has 2 aromatic rings. The number of nitrogens with zero attached hydrogens (tertiary/aromatic N) is 2. The van der Waals surface area contributed by atoms with Crippen LogP contribution in [-0.4, -0.2) is 11.9 Å². The fraction of sp³-hybridized carbons (Fsp3) is 0.0526. The lowest BCUT2D eigenvalue weighted by Gasteiger charge is -2.17. The maximum absolute atomic E-state index is 6.30. The van der Waals surface area contributed by atoms with Gasteiger partial charge in [-0.15, -0.1) is 0 Å². The zero-order valence-electron chi connectivity index (χ0n) is 12.3. The van der Waals surface area contributed by atoms with E-state index in [4.69, 9.17) is 16.6 Å². The number of aliphatic imine (C=N–C) groups is 2. The van der Waals surface area contributed by atoms with Crippen molar-refractivity contribution in [1.29, 1.82) is 0 Å². The lowest BCUT2D eigenvalue weighted by Crippen LogP contribution is -2.18. The molecule has 0 saturated heterocycles. The average molecular weight is 320 g/mol. The molecule has 0 aromatic heterocycles. The summed E-state index contributed by atoms with van der Waals surface area (Å²) in [6, 6.07) is 17.9. The molecule has 4 heteroatoms. The fourth-order valence-electron chi connectivity index (χ4n) is 2.77. The Hall–Kier alpha value is -2.65. The molecule has 0 aliphatic carbocycles. The van der Waals surface area contributed by atoms with Crippen molar-refractivity contribution >= 4 is 34.9 Å². The topological polar surface area (TPSA) is 36.8 Å². The second-order valence-electron chi connectivity index (χ2n) is 5.37. The standard InChI is InChI=1S/C19H14ClN3/c20-15-8-4-5-9-16(15)22-19-14-10-11-21-12-17(14)23-18(19)13-6-2-1-3-7-13/h1-12,14,22H. The Labute approximate surface area is 139 Å². The van der Waals surface area contributed by atoms with Gasteiger partial charge in [0, 0.05) is 18.0 Å². The predicted molar refractivity (Wildman–Crippen MR) is 97.0 cm³/mol. The predicted octanol–water partition coefficient (Wildman–Crippen LogP) is 4.79. The summed E-state index contributed by atoms with van der Waals surface area (Å²) < 4.78 is 0. The van der Waals surface area contributed by atoms with Crippen LogP contribution in [0.25, 0.3) is 5.70 Å². The van der Waals surface area contributed by atoms with Crippen molar-refractivity contribution in [2.24, 2.45) is 15.9 Å². The van der Waals surface area contributed by atoms with Gasteiger partial charge in [0.1, 0.15) is 0 Å². The van der Waals surface area contributed by atoms with Crippen LogP contribution < -0.4 is 5.32 Å². The van der Waals surface area contributed by atoms with Crippen molar-refractivity contribution in [3.8, 4) is 0 Å². The summed E-state index contributed by atoms with van der Waals surface area (Å²) in [4.78, 5) is 8.97. The summed E-state index contributed by atoms with van der Waals surface area (Å²) in [7, 11) is 0. The van der Waals surface area contributed by atoms with Crippen LogP contribution in [0.5, 0.6) is 0 Å². The SMILES string of the molecule is Clc1ccccc1NC1=C(c2ccccc2)N=C2C=NC=CC21. The molecule has 23 heavy (non-hydrogen) atoms.